The van der Waals surface area contributed by atoms with Gasteiger partial charge in [0, 0.05) is 23.5 Å². The fraction of sp³-hybridized carbons (Fsp3) is 0.692. The van der Waals surface area contributed by atoms with Crippen molar-refractivity contribution in [1.29, 1.82) is 0 Å². The van der Waals surface area contributed by atoms with Crippen LogP contribution >= 0.6 is 11.3 Å². The van der Waals surface area contributed by atoms with Crippen molar-refractivity contribution in [2.24, 2.45) is 5.92 Å². The van der Waals surface area contributed by atoms with Gasteiger partial charge >= 0.3 is 0 Å². The smallest absolute Gasteiger partial charge is 0.0479 e. The average molecular weight is 236 g/mol. The second kappa shape index (κ2) is 4.47. The zero-order valence-corrected chi connectivity index (χ0v) is 10.7. The lowest BCUT2D eigenvalue weighted by atomic mass is 9.99. The van der Waals surface area contributed by atoms with Gasteiger partial charge in [0.2, 0.25) is 0 Å². The van der Waals surface area contributed by atoms with E-state index >= 15 is 0 Å². The van der Waals surface area contributed by atoms with Crippen LogP contribution in [0.4, 0.5) is 0 Å². The Kier molecular flexibility index (Phi) is 3.01. The molecule has 2 nitrogen and oxygen atoms in total. The lowest BCUT2D eigenvalue weighted by molar-refractivity contribution is 0.276. The number of nitrogens with one attached hydrogen (secondary N) is 1. The lowest BCUT2D eigenvalue weighted by Gasteiger charge is -2.24. The molecular weight excluding hydrogens is 216 g/mol. The number of hydrogen-bond acceptors (Lipinski definition) is 3. The lowest BCUT2D eigenvalue weighted by Crippen LogP contribution is -2.29. The van der Waals surface area contributed by atoms with Gasteiger partial charge in [-0.05, 0) is 50.2 Å². The molecule has 16 heavy (non-hydrogen) atoms. The van der Waals surface area contributed by atoms with E-state index in [9.17, 15) is 0 Å². The summed E-state index contributed by atoms with van der Waals surface area (Å²) in [6.07, 6.45) is 4.14. The molecule has 0 radical (unpaired) electrons. The van der Waals surface area contributed by atoms with Gasteiger partial charge in [-0.15, -0.1) is 11.3 Å². The maximum Gasteiger partial charge on any atom is 0.0479 e. The summed E-state index contributed by atoms with van der Waals surface area (Å²) in [6, 6.07) is 5.97. The van der Waals surface area contributed by atoms with Gasteiger partial charge in [-0.3, -0.25) is 4.90 Å². The topological polar surface area (TPSA) is 15.3 Å². The van der Waals surface area contributed by atoms with Crippen molar-refractivity contribution in [3.05, 3.63) is 22.4 Å². The molecule has 1 N–H and O–H groups in total. The molecule has 3 heteroatoms. The first-order valence-electron chi connectivity index (χ1n) is 6.31. The summed E-state index contributed by atoms with van der Waals surface area (Å²) in [5.41, 5.74) is 0. The SMILES string of the molecule is CN1CCC(CNC2CC2)C1c1cccs1. The monoisotopic (exact) mass is 236 g/mol. The van der Waals surface area contributed by atoms with E-state index in [0.717, 1.165) is 12.0 Å². The minimum Gasteiger partial charge on any atom is -0.314 e. The maximum atomic E-state index is 3.69. The third-order valence-electron chi connectivity index (χ3n) is 3.85. The zero-order valence-electron chi connectivity index (χ0n) is 9.86. The Morgan fingerprint density at radius 1 is 1.44 bits per heavy atom. The van der Waals surface area contributed by atoms with Crippen LogP contribution in [0.5, 0.6) is 0 Å². The molecule has 2 unspecified atom stereocenters. The molecule has 0 bridgehead atoms. The van der Waals surface area contributed by atoms with E-state index in [4.69, 9.17) is 0 Å². The Labute approximate surface area is 102 Å². The second-order valence-corrected chi connectivity index (χ2v) is 6.15. The summed E-state index contributed by atoms with van der Waals surface area (Å²) < 4.78 is 0. The van der Waals surface area contributed by atoms with Gasteiger partial charge in [0.25, 0.3) is 0 Å². The highest BCUT2D eigenvalue weighted by Crippen LogP contribution is 2.38. The first kappa shape index (κ1) is 10.8. The Balaban J connectivity index is 1.66. The molecule has 2 heterocycles. The van der Waals surface area contributed by atoms with Gasteiger partial charge in [-0.25, -0.2) is 0 Å². The van der Waals surface area contributed by atoms with Crippen LogP contribution < -0.4 is 5.32 Å². The normalized spacial score (nSPS) is 31.1. The van der Waals surface area contributed by atoms with Gasteiger partial charge in [-0.2, -0.15) is 0 Å². The highest BCUT2D eigenvalue weighted by molar-refractivity contribution is 7.10. The summed E-state index contributed by atoms with van der Waals surface area (Å²) in [4.78, 5) is 4.06. The molecule has 1 aromatic rings. The van der Waals surface area contributed by atoms with E-state index in [2.05, 4.69) is 34.8 Å². The van der Waals surface area contributed by atoms with Crippen molar-refractivity contribution in [3.8, 4) is 0 Å². The largest absolute Gasteiger partial charge is 0.314 e. The van der Waals surface area contributed by atoms with Gasteiger partial charge < -0.3 is 5.32 Å². The first-order valence-corrected chi connectivity index (χ1v) is 7.19. The van der Waals surface area contributed by atoms with E-state index in [1.165, 1.54) is 32.4 Å². The van der Waals surface area contributed by atoms with Crippen LogP contribution in [0.1, 0.15) is 30.2 Å². The van der Waals surface area contributed by atoms with Gasteiger partial charge in [-0.1, -0.05) is 6.07 Å². The van der Waals surface area contributed by atoms with Crippen LogP contribution in [0, 0.1) is 5.92 Å². The molecule has 1 aliphatic heterocycles. The molecule has 2 aliphatic rings. The number of rotatable bonds is 4. The first-order chi connectivity index (χ1) is 7.84. The van der Waals surface area contributed by atoms with E-state index < -0.39 is 0 Å². The molecule has 1 aromatic heterocycles. The zero-order chi connectivity index (χ0) is 11.0. The standard InChI is InChI=1S/C13H20N2S/c1-15-7-6-10(9-14-11-4-5-11)13(15)12-3-2-8-16-12/h2-3,8,10-11,13-14H,4-7,9H2,1H3. The summed E-state index contributed by atoms with van der Waals surface area (Å²) in [5.74, 6) is 0.809. The highest BCUT2D eigenvalue weighted by atomic mass is 32.1. The summed E-state index contributed by atoms with van der Waals surface area (Å²) >= 11 is 1.91. The predicted molar refractivity (Wildman–Crippen MR) is 68.8 cm³/mol. The van der Waals surface area contributed by atoms with Crippen molar-refractivity contribution >= 4 is 11.3 Å². The van der Waals surface area contributed by atoms with Crippen LogP contribution in [0.3, 0.4) is 0 Å². The highest BCUT2D eigenvalue weighted by Gasteiger charge is 2.34. The molecule has 3 rings (SSSR count). The number of likely N-dealkylation sites (tertiary alicyclic amines) is 1. The average Bonchev–Trinajstić information content (AvgIpc) is 2.82. The minimum absolute atomic E-state index is 0.659. The molecule has 0 amide bonds. The number of nitrogens with zero attached hydrogens (tertiary/aromatic N) is 1. The van der Waals surface area contributed by atoms with Crippen LogP contribution in [0.25, 0.3) is 0 Å². The Bertz CT molecular complexity index is 332. The molecule has 1 saturated heterocycles. The fourth-order valence-corrected chi connectivity index (χ4v) is 3.74. The van der Waals surface area contributed by atoms with Crippen LogP contribution in [0.2, 0.25) is 0 Å². The van der Waals surface area contributed by atoms with E-state index in [1.807, 2.05) is 11.3 Å². The van der Waals surface area contributed by atoms with Crippen LogP contribution in [-0.2, 0) is 0 Å². The van der Waals surface area contributed by atoms with Gasteiger partial charge in [0.15, 0.2) is 0 Å². The van der Waals surface area contributed by atoms with E-state index in [1.54, 1.807) is 4.88 Å². The molecule has 1 saturated carbocycles. The third-order valence-corrected chi connectivity index (χ3v) is 4.80. The summed E-state index contributed by atoms with van der Waals surface area (Å²) in [6.45, 7) is 2.46. The Hall–Kier alpha value is -0.380. The molecule has 1 aliphatic carbocycles. The Morgan fingerprint density at radius 2 is 2.31 bits per heavy atom. The fourth-order valence-electron chi connectivity index (χ4n) is 2.75. The van der Waals surface area contributed by atoms with Gasteiger partial charge in [0.05, 0.1) is 0 Å². The van der Waals surface area contributed by atoms with Crippen molar-refractivity contribution in [2.75, 3.05) is 20.1 Å². The third kappa shape index (κ3) is 2.17. The van der Waals surface area contributed by atoms with Crippen molar-refractivity contribution in [2.45, 2.75) is 31.3 Å². The molecule has 0 aromatic carbocycles. The molecule has 2 atom stereocenters. The van der Waals surface area contributed by atoms with Crippen LogP contribution in [-0.4, -0.2) is 31.1 Å². The Morgan fingerprint density at radius 3 is 3.00 bits per heavy atom. The van der Waals surface area contributed by atoms with Crippen molar-refractivity contribution in [1.82, 2.24) is 10.2 Å². The second-order valence-electron chi connectivity index (χ2n) is 5.17. The van der Waals surface area contributed by atoms with E-state index in [-0.39, 0.29) is 0 Å². The van der Waals surface area contributed by atoms with Crippen LogP contribution in [0.15, 0.2) is 17.5 Å². The molecule has 2 fully saturated rings. The summed E-state index contributed by atoms with van der Waals surface area (Å²) in [7, 11) is 2.27. The molecular formula is C13H20N2S. The van der Waals surface area contributed by atoms with E-state index in [0.29, 0.717) is 6.04 Å². The van der Waals surface area contributed by atoms with Gasteiger partial charge in [0.1, 0.15) is 0 Å². The predicted octanol–water partition coefficient (Wildman–Crippen LogP) is 2.49. The minimum atomic E-state index is 0.659. The number of thiophene rings is 1. The molecule has 88 valence electrons. The quantitative estimate of drug-likeness (QED) is 0.864. The number of hydrogen-bond donors (Lipinski definition) is 1. The van der Waals surface area contributed by atoms with Crippen molar-refractivity contribution < 1.29 is 0 Å². The maximum absolute atomic E-state index is 3.69. The van der Waals surface area contributed by atoms with Crippen molar-refractivity contribution in [3.63, 3.8) is 0 Å². The molecule has 0 spiro atoms. The summed E-state index contributed by atoms with van der Waals surface area (Å²) in [5, 5.41) is 5.89.